The summed E-state index contributed by atoms with van der Waals surface area (Å²) in [6, 6.07) is 3.94. The molecule has 1 aromatic rings. The van der Waals surface area contributed by atoms with Crippen molar-refractivity contribution in [3.05, 3.63) is 45.5 Å². The number of anilines is 1. The standard InChI is InChI=1S/C17H23N3O5S/c1-13-8-9-15(20(22)23)10-16(13)19(26(2,24)25)12-17(21)18-11-14-6-4-3-5-7-14/h6,8-10H,3-5,7,11-12H2,1-2H3,(H,18,21). The zero-order chi connectivity index (χ0) is 19.3. The molecule has 142 valence electrons. The van der Waals surface area contributed by atoms with E-state index in [0.29, 0.717) is 12.1 Å². The summed E-state index contributed by atoms with van der Waals surface area (Å²) >= 11 is 0. The number of aryl methyl sites for hydroxylation is 1. The quantitative estimate of drug-likeness (QED) is 0.443. The molecule has 0 spiro atoms. The third-order valence-electron chi connectivity index (χ3n) is 4.26. The molecule has 0 saturated heterocycles. The summed E-state index contributed by atoms with van der Waals surface area (Å²) in [6.45, 7) is 1.61. The first-order valence-electron chi connectivity index (χ1n) is 8.36. The molecule has 1 aromatic carbocycles. The molecule has 0 aliphatic heterocycles. The fourth-order valence-electron chi connectivity index (χ4n) is 2.82. The predicted molar refractivity (Wildman–Crippen MR) is 99.6 cm³/mol. The first-order chi connectivity index (χ1) is 12.2. The second-order valence-electron chi connectivity index (χ2n) is 6.38. The van der Waals surface area contributed by atoms with Crippen molar-refractivity contribution in [3.8, 4) is 0 Å². The van der Waals surface area contributed by atoms with Gasteiger partial charge in [-0.1, -0.05) is 17.7 Å². The number of nitro groups is 1. The summed E-state index contributed by atoms with van der Waals surface area (Å²) in [6.07, 6.45) is 7.23. The molecule has 1 amide bonds. The van der Waals surface area contributed by atoms with Gasteiger partial charge in [-0.3, -0.25) is 19.2 Å². The normalized spacial score (nSPS) is 14.5. The molecule has 0 radical (unpaired) electrons. The van der Waals surface area contributed by atoms with E-state index in [1.165, 1.54) is 18.2 Å². The Bertz CT molecular complexity index is 833. The van der Waals surface area contributed by atoms with Gasteiger partial charge in [0.2, 0.25) is 15.9 Å². The van der Waals surface area contributed by atoms with Crippen molar-refractivity contribution in [3.63, 3.8) is 0 Å². The Morgan fingerprint density at radius 2 is 2.08 bits per heavy atom. The SMILES string of the molecule is Cc1ccc([N+](=O)[O-])cc1N(CC(=O)NCC1=CCCCC1)S(C)(=O)=O. The molecule has 1 aliphatic carbocycles. The van der Waals surface area contributed by atoms with E-state index in [0.717, 1.165) is 41.8 Å². The van der Waals surface area contributed by atoms with Crippen LogP contribution in [0.4, 0.5) is 11.4 Å². The Morgan fingerprint density at radius 1 is 1.35 bits per heavy atom. The van der Waals surface area contributed by atoms with Crippen molar-refractivity contribution < 1.29 is 18.1 Å². The Labute approximate surface area is 153 Å². The highest BCUT2D eigenvalue weighted by molar-refractivity contribution is 7.92. The van der Waals surface area contributed by atoms with Crippen molar-refractivity contribution in [1.29, 1.82) is 0 Å². The smallest absolute Gasteiger partial charge is 0.271 e. The van der Waals surface area contributed by atoms with E-state index < -0.39 is 27.4 Å². The van der Waals surface area contributed by atoms with Crippen molar-refractivity contribution in [2.45, 2.75) is 32.6 Å². The summed E-state index contributed by atoms with van der Waals surface area (Å²) < 4.78 is 25.2. The molecule has 0 saturated carbocycles. The van der Waals surface area contributed by atoms with Gasteiger partial charge in [0.05, 0.1) is 16.9 Å². The highest BCUT2D eigenvalue weighted by Crippen LogP contribution is 2.27. The highest BCUT2D eigenvalue weighted by atomic mass is 32.2. The summed E-state index contributed by atoms with van der Waals surface area (Å²) in [5, 5.41) is 13.7. The van der Waals surface area contributed by atoms with E-state index in [4.69, 9.17) is 0 Å². The first-order valence-corrected chi connectivity index (χ1v) is 10.2. The van der Waals surface area contributed by atoms with Crippen molar-refractivity contribution in [2.75, 3.05) is 23.7 Å². The lowest BCUT2D eigenvalue weighted by Gasteiger charge is -2.23. The number of rotatable bonds is 7. The number of hydrogen-bond acceptors (Lipinski definition) is 5. The van der Waals surface area contributed by atoms with Gasteiger partial charge in [-0.05, 0) is 38.2 Å². The van der Waals surface area contributed by atoms with Gasteiger partial charge in [-0.15, -0.1) is 0 Å². The van der Waals surface area contributed by atoms with E-state index >= 15 is 0 Å². The van der Waals surface area contributed by atoms with E-state index in [2.05, 4.69) is 11.4 Å². The molecular formula is C17H23N3O5S. The number of nitrogens with zero attached hydrogens (tertiary/aromatic N) is 2. The van der Waals surface area contributed by atoms with Gasteiger partial charge in [-0.2, -0.15) is 0 Å². The maximum absolute atomic E-state index is 12.3. The van der Waals surface area contributed by atoms with Crippen LogP contribution in [0.2, 0.25) is 0 Å². The van der Waals surface area contributed by atoms with Gasteiger partial charge in [0.15, 0.2) is 0 Å². The van der Waals surface area contributed by atoms with E-state index in [1.54, 1.807) is 6.92 Å². The van der Waals surface area contributed by atoms with E-state index in [9.17, 15) is 23.3 Å². The molecule has 0 aromatic heterocycles. The molecule has 0 bridgehead atoms. The second-order valence-corrected chi connectivity index (χ2v) is 8.29. The average molecular weight is 381 g/mol. The Kier molecular flexibility index (Phi) is 6.36. The maximum atomic E-state index is 12.3. The van der Waals surface area contributed by atoms with Crippen molar-refractivity contribution >= 4 is 27.3 Å². The molecule has 0 fully saturated rings. The molecule has 9 heteroatoms. The maximum Gasteiger partial charge on any atom is 0.271 e. The molecule has 8 nitrogen and oxygen atoms in total. The zero-order valence-corrected chi connectivity index (χ0v) is 15.7. The topological polar surface area (TPSA) is 110 Å². The Morgan fingerprint density at radius 3 is 2.65 bits per heavy atom. The molecule has 2 rings (SSSR count). The van der Waals surface area contributed by atoms with E-state index in [1.807, 2.05) is 0 Å². The van der Waals surface area contributed by atoms with Gasteiger partial charge >= 0.3 is 0 Å². The molecule has 1 N–H and O–H groups in total. The number of nitro benzene ring substituents is 1. The molecule has 0 heterocycles. The second kappa shape index (κ2) is 8.31. The molecule has 0 unspecified atom stereocenters. The van der Waals surface area contributed by atoms with Crippen molar-refractivity contribution in [1.82, 2.24) is 5.32 Å². The van der Waals surface area contributed by atoms with Crippen LogP contribution in [-0.2, 0) is 14.8 Å². The van der Waals surface area contributed by atoms with Crippen molar-refractivity contribution in [2.24, 2.45) is 0 Å². The Balaban J connectivity index is 2.18. The third kappa shape index (κ3) is 5.29. The van der Waals surface area contributed by atoms with Gasteiger partial charge in [0, 0.05) is 18.7 Å². The number of amides is 1. The van der Waals surface area contributed by atoms with Gasteiger partial charge < -0.3 is 5.32 Å². The Hall–Kier alpha value is -2.42. The monoisotopic (exact) mass is 381 g/mol. The largest absolute Gasteiger partial charge is 0.351 e. The lowest BCUT2D eigenvalue weighted by Crippen LogP contribution is -2.41. The summed E-state index contributed by atoms with van der Waals surface area (Å²) in [5.74, 6) is -0.451. The molecule has 0 atom stereocenters. The van der Waals surface area contributed by atoms with Crippen LogP contribution >= 0.6 is 0 Å². The van der Waals surface area contributed by atoms with Crippen LogP contribution in [0.25, 0.3) is 0 Å². The number of sulfonamides is 1. The van der Waals surface area contributed by atoms with Crippen LogP contribution in [0, 0.1) is 17.0 Å². The number of benzene rings is 1. The number of carbonyl (C=O) groups is 1. The lowest BCUT2D eigenvalue weighted by atomic mass is 10.00. The number of non-ortho nitro benzene ring substituents is 1. The van der Waals surface area contributed by atoms with Crippen LogP contribution in [0.3, 0.4) is 0 Å². The van der Waals surface area contributed by atoms with Gasteiger partial charge in [0.1, 0.15) is 6.54 Å². The zero-order valence-electron chi connectivity index (χ0n) is 14.9. The fraction of sp³-hybridized carbons (Fsp3) is 0.471. The molecule has 1 aliphatic rings. The van der Waals surface area contributed by atoms with Crippen LogP contribution in [-0.4, -0.2) is 38.6 Å². The minimum atomic E-state index is -3.79. The number of hydrogen-bond donors (Lipinski definition) is 1. The third-order valence-corrected chi connectivity index (χ3v) is 5.38. The first kappa shape index (κ1) is 19.9. The van der Waals surface area contributed by atoms with Gasteiger partial charge in [0.25, 0.3) is 5.69 Å². The number of carbonyl (C=O) groups excluding carboxylic acids is 1. The average Bonchev–Trinajstić information content (AvgIpc) is 2.58. The minimum absolute atomic E-state index is 0.133. The summed E-state index contributed by atoms with van der Waals surface area (Å²) in [5.41, 5.74) is 1.58. The predicted octanol–water partition coefficient (Wildman–Crippen LogP) is 2.29. The highest BCUT2D eigenvalue weighted by Gasteiger charge is 2.24. The molecule has 26 heavy (non-hydrogen) atoms. The number of nitrogens with one attached hydrogen (secondary N) is 1. The fourth-order valence-corrected chi connectivity index (χ4v) is 3.73. The summed E-state index contributed by atoms with van der Waals surface area (Å²) in [7, 11) is -3.79. The summed E-state index contributed by atoms with van der Waals surface area (Å²) in [4.78, 5) is 22.7. The van der Waals surface area contributed by atoms with Crippen LogP contribution in [0.1, 0.15) is 31.2 Å². The van der Waals surface area contributed by atoms with Gasteiger partial charge in [-0.25, -0.2) is 8.42 Å². The van der Waals surface area contributed by atoms with Crippen LogP contribution in [0.15, 0.2) is 29.8 Å². The van der Waals surface area contributed by atoms with Crippen LogP contribution in [0.5, 0.6) is 0 Å². The lowest BCUT2D eigenvalue weighted by molar-refractivity contribution is -0.384. The van der Waals surface area contributed by atoms with E-state index in [-0.39, 0.29) is 11.4 Å². The number of allylic oxidation sites excluding steroid dienone is 1. The molecular weight excluding hydrogens is 358 g/mol. The van der Waals surface area contributed by atoms with Crippen LogP contribution < -0.4 is 9.62 Å². The minimum Gasteiger partial charge on any atom is -0.351 e.